The number of para-hydroxylation sites is 1. The summed E-state index contributed by atoms with van der Waals surface area (Å²) in [5, 5.41) is 5.77. The van der Waals surface area contributed by atoms with Crippen molar-refractivity contribution in [2.75, 3.05) is 11.9 Å². The Hall–Kier alpha value is -2.62. The van der Waals surface area contributed by atoms with Crippen molar-refractivity contribution in [3.05, 3.63) is 54.6 Å². The van der Waals surface area contributed by atoms with E-state index >= 15 is 0 Å². The number of hydrogen-bond donors (Lipinski definition) is 2. The van der Waals surface area contributed by atoms with Crippen LogP contribution in [0, 0.1) is 0 Å². The van der Waals surface area contributed by atoms with E-state index in [2.05, 4.69) is 10.6 Å². The van der Waals surface area contributed by atoms with Crippen LogP contribution in [-0.2, 0) is 9.59 Å². The monoisotopic (exact) mass is 324 g/mol. The van der Waals surface area contributed by atoms with Gasteiger partial charge in [0.15, 0.2) is 0 Å². The minimum Gasteiger partial charge on any atom is -0.356 e. The van der Waals surface area contributed by atoms with Crippen molar-refractivity contribution in [1.29, 1.82) is 0 Å². The highest BCUT2D eigenvalue weighted by molar-refractivity contribution is 5.95. The van der Waals surface area contributed by atoms with Crippen LogP contribution >= 0.6 is 0 Å². The molecule has 0 unspecified atom stereocenters. The molecule has 2 aromatic rings. The lowest BCUT2D eigenvalue weighted by molar-refractivity contribution is -0.119. The van der Waals surface area contributed by atoms with Crippen molar-refractivity contribution in [3.8, 4) is 11.1 Å². The van der Waals surface area contributed by atoms with Crippen LogP contribution in [0.3, 0.4) is 0 Å². The summed E-state index contributed by atoms with van der Waals surface area (Å²) in [5.74, 6) is 0.0168. The molecule has 0 spiro atoms. The number of anilines is 1. The molecule has 0 atom stereocenters. The summed E-state index contributed by atoms with van der Waals surface area (Å²) in [7, 11) is 0. The first-order valence-corrected chi connectivity index (χ1v) is 8.35. The number of nitrogens with one attached hydrogen (secondary N) is 2. The average Bonchev–Trinajstić information content (AvgIpc) is 2.59. The van der Waals surface area contributed by atoms with Gasteiger partial charge in [-0.15, -0.1) is 0 Å². The third-order valence-corrected chi connectivity index (χ3v) is 3.74. The van der Waals surface area contributed by atoms with Gasteiger partial charge in [-0.2, -0.15) is 0 Å². The van der Waals surface area contributed by atoms with Crippen LogP contribution in [-0.4, -0.2) is 18.4 Å². The van der Waals surface area contributed by atoms with Gasteiger partial charge >= 0.3 is 0 Å². The Balaban J connectivity index is 1.83. The van der Waals surface area contributed by atoms with Crippen molar-refractivity contribution in [1.82, 2.24) is 5.32 Å². The number of carbonyl (C=O) groups excluding carboxylic acids is 2. The fraction of sp³-hybridized carbons (Fsp3) is 0.300. The molecule has 2 aromatic carbocycles. The van der Waals surface area contributed by atoms with E-state index in [-0.39, 0.29) is 11.8 Å². The predicted molar refractivity (Wildman–Crippen MR) is 97.7 cm³/mol. The quantitative estimate of drug-likeness (QED) is 0.721. The van der Waals surface area contributed by atoms with Crippen LogP contribution in [0.25, 0.3) is 11.1 Å². The van der Waals surface area contributed by atoms with Crippen LogP contribution in [0.15, 0.2) is 54.6 Å². The predicted octanol–water partition coefficient (Wildman–Crippen LogP) is 3.99. The number of hydrogen-bond acceptors (Lipinski definition) is 2. The molecule has 2 N–H and O–H groups in total. The molecular formula is C20H24N2O2. The first-order valence-electron chi connectivity index (χ1n) is 8.35. The average molecular weight is 324 g/mol. The largest absolute Gasteiger partial charge is 0.356 e. The van der Waals surface area contributed by atoms with Crippen LogP contribution in [0.4, 0.5) is 5.69 Å². The lowest BCUT2D eigenvalue weighted by Gasteiger charge is -2.11. The molecular weight excluding hydrogens is 300 g/mol. The van der Waals surface area contributed by atoms with Gasteiger partial charge in [0.2, 0.25) is 11.8 Å². The fourth-order valence-corrected chi connectivity index (χ4v) is 2.53. The van der Waals surface area contributed by atoms with E-state index in [1.54, 1.807) is 0 Å². The van der Waals surface area contributed by atoms with E-state index in [0.717, 1.165) is 36.1 Å². The highest BCUT2D eigenvalue weighted by Crippen LogP contribution is 2.27. The molecule has 126 valence electrons. The molecule has 0 aliphatic rings. The Bertz CT molecular complexity index is 668. The zero-order chi connectivity index (χ0) is 17.2. The molecule has 4 nitrogen and oxygen atoms in total. The van der Waals surface area contributed by atoms with E-state index in [4.69, 9.17) is 0 Å². The third-order valence-electron chi connectivity index (χ3n) is 3.74. The topological polar surface area (TPSA) is 58.2 Å². The second kappa shape index (κ2) is 9.50. The Morgan fingerprint density at radius 3 is 2.33 bits per heavy atom. The molecule has 0 radical (unpaired) electrons. The minimum atomic E-state index is -0.00902. The van der Waals surface area contributed by atoms with Gasteiger partial charge in [-0.05, 0) is 24.5 Å². The summed E-state index contributed by atoms with van der Waals surface area (Å²) in [6.45, 7) is 2.19. The zero-order valence-corrected chi connectivity index (χ0v) is 14.0. The lowest BCUT2D eigenvalue weighted by atomic mass is 10.0. The Morgan fingerprint density at radius 1 is 0.875 bits per heavy atom. The second-order valence-electron chi connectivity index (χ2n) is 5.75. The third kappa shape index (κ3) is 5.88. The Kier molecular flexibility index (Phi) is 7.02. The van der Waals surface area contributed by atoms with Crippen LogP contribution in [0.2, 0.25) is 0 Å². The number of benzene rings is 2. The molecule has 0 heterocycles. The first-order chi connectivity index (χ1) is 11.7. The minimum absolute atomic E-state index is 0.00902. The summed E-state index contributed by atoms with van der Waals surface area (Å²) in [5.41, 5.74) is 2.95. The molecule has 4 heteroatoms. The molecule has 2 rings (SSSR count). The van der Waals surface area contributed by atoms with Crippen molar-refractivity contribution in [2.45, 2.75) is 32.6 Å². The summed E-state index contributed by atoms with van der Waals surface area (Å²) >= 11 is 0. The van der Waals surface area contributed by atoms with Crippen LogP contribution in [0.5, 0.6) is 0 Å². The number of carbonyl (C=O) groups is 2. The summed E-state index contributed by atoms with van der Waals surface area (Å²) in [6, 6.07) is 17.9. The van der Waals surface area contributed by atoms with Crippen molar-refractivity contribution in [3.63, 3.8) is 0 Å². The van der Waals surface area contributed by atoms with Gasteiger partial charge in [-0.1, -0.05) is 55.0 Å². The maximum absolute atomic E-state index is 12.2. The number of unbranched alkanes of at least 4 members (excludes halogenated alkanes) is 2. The highest BCUT2D eigenvalue weighted by Gasteiger charge is 2.07. The van der Waals surface area contributed by atoms with Gasteiger partial charge < -0.3 is 10.6 Å². The fourth-order valence-electron chi connectivity index (χ4n) is 2.53. The molecule has 0 fully saturated rings. The molecule has 2 amide bonds. The lowest BCUT2D eigenvalue weighted by Crippen LogP contribution is -2.20. The molecule has 0 aliphatic carbocycles. The van der Waals surface area contributed by atoms with Gasteiger partial charge in [0.05, 0.1) is 0 Å². The van der Waals surface area contributed by atoms with Gasteiger partial charge in [0.1, 0.15) is 0 Å². The highest BCUT2D eigenvalue weighted by atomic mass is 16.2. The second-order valence-corrected chi connectivity index (χ2v) is 5.75. The molecule has 0 saturated carbocycles. The van der Waals surface area contributed by atoms with E-state index in [9.17, 15) is 9.59 Å². The zero-order valence-electron chi connectivity index (χ0n) is 14.0. The summed E-state index contributed by atoms with van der Waals surface area (Å²) in [6.07, 6.45) is 3.13. The summed E-state index contributed by atoms with van der Waals surface area (Å²) < 4.78 is 0. The maximum Gasteiger partial charge on any atom is 0.224 e. The van der Waals surface area contributed by atoms with Gasteiger partial charge in [0, 0.05) is 31.1 Å². The first kappa shape index (κ1) is 17.7. The van der Waals surface area contributed by atoms with E-state index < -0.39 is 0 Å². The van der Waals surface area contributed by atoms with Crippen LogP contribution in [0.1, 0.15) is 32.6 Å². The van der Waals surface area contributed by atoms with E-state index in [0.29, 0.717) is 13.0 Å². The van der Waals surface area contributed by atoms with Crippen molar-refractivity contribution in [2.24, 2.45) is 0 Å². The van der Waals surface area contributed by atoms with E-state index in [1.165, 1.54) is 6.92 Å². The maximum atomic E-state index is 12.2. The molecule has 0 saturated heterocycles. The number of amides is 2. The Morgan fingerprint density at radius 2 is 1.58 bits per heavy atom. The standard InChI is InChI=1S/C20H24N2O2/c1-16(23)21-15-9-3-6-14-20(24)22-19-13-8-7-12-18(19)17-10-4-2-5-11-17/h2,4-5,7-8,10-13H,3,6,9,14-15H2,1H3,(H,21,23)(H,22,24). The van der Waals surface area contributed by atoms with Crippen molar-refractivity contribution >= 4 is 17.5 Å². The van der Waals surface area contributed by atoms with Crippen LogP contribution < -0.4 is 10.6 Å². The van der Waals surface area contributed by atoms with Gasteiger partial charge in [-0.25, -0.2) is 0 Å². The normalized spacial score (nSPS) is 10.2. The molecule has 0 aliphatic heterocycles. The van der Waals surface area contributed by atoms with Gasteiger partial charge in [-0.3, -0.25) is 9.59 Å². The summed E-state index contributed by atoms with van der Waals surface area (Å²) in [4.78, 5) is 22.9. The molecule has 0 aromatic heterocycles. The number of rotatable bonds is 8. The smallest absolute Gasteiger partial charge is 0.224 e. The Labute approximate surface area is 143 Å². The molecule has 24 heavy (non-hydrogen) atoms. The molecule has 0 bridgehead atoms. The van der Waals surface area contributed by atoms with E-state index in [1.807, 2.05) is 54.6 Å². The van der Waals surface area contributed by atoms with Crippen molar-refractivity contribution < 1.29 is 9.59 Å². The van der Waals surface area contributed by atoms with Gasteiger partial charge in [0.25, 0.3) is 0 Å². The SMILES string of the molecule is CC(=O)NCCCCCC(=O)Nc1ccccc1-c1ccccc1.